The van der Waals surface area contributed by atoms with Crippen LogP contribution in [0.2, 0.25) is 0 Å². The van der Waals surface area contributed by atoms with Crippen LogP contribution in [0, 0.1) is 38.7 Å². The van der Waals surface area contributed by atoms with Crippen molar-refractivity contribution >= 4 is 11.8 Å². The molecule has 1 aromatic heterocycles. The van der Waals surface area contributed by atoms with E-state index in [0.29, 0.717) is 11.8 Å². The number of aliphatic hydroxyl groups is 1. The van der Waals surface area contributed by atoms with Crippen LogP contribution in [0.1, 0.15) is 83.1 Å². The van der Waals surface area contributed by atoms with Gasteiger partial charge in [-0.25, -0.2) is 9.59 Å². The van der Waals surface area contributed by atoms with Gasteiger partial charge in [0.05, 0.1) is 16.8 Å². The fourth-order valence-electron chi connectivity index (χ4n) is 9.29. The highest BCUT2D eigenvalue weighted by Gasteiger charge is 2.67. The van der Waals surface area contributed by atoms with Crippen LogP contribution in [0.15, 0.2) is 51.9 Å². The van der Waals surface area contributed by atoms with E-state index in [1.54, 1.807) is 6.26 Å². The van der Waals surface area contributed by atoms with E-state index in [-0.39, 0.29) is 45.8 Å². The molecule has 214 valence electrons. The summed E-state index contributed by atoms with van der Waals surface area (Å²) in [5.74, 6) is 1.40. The second-order valence-corrected chi connectivity index (χ2v) is 13.0. The maximum Gasteiger partial charge on any atom is 0.514 e. The van der Waals surface area contributed by atoms with Crippen molar-refractivity contribution in [3.05, 3.63) is 68.8 Å². The third-order valence-electron chi connectivity index (χ3n) is 11.4. The van der Waals surface area contributed by atoms with Gasteiger partial charge in [0.25, 0.3) is 5.69 Å². The fourth-order valence-corrected chi connectivity index (χ4v) is 9.29. The number of ether oxygens (including phenoxy) is 2. The summed E-state index contributed by atoms with van der Waals surface area (Å²) in [6.07, 6.45) is 8.57. The van der Waals surface area contributed by atoms with Gasteiger partial charge in [0.1, 0.15) is 11.9 Å². The lowest BCUT2D eigenvalue weighted by Gasteiger charge is -2.63. The Labute approximate surface area is 233 Å². The molecule has 9 nitrogen and oxygen atoms in total. The molecule has 40 heavy (non-hydrogen) atoms. The Morgan fingerprint density at radius 1 is 1.00 bits per heavy atom. The normalized spacial score (nSPS) is 38.4. The molecular formula is C31H37NO8. The zero-order chi connectivity index (χ0) is 28.3. The molecular weight excluding hydrogens is 514 g/mol. The van der Waals surface area contributed by atoms with E-state index in [0.717, 1.165) is 63.4 Å². The summed E-state index contributed by atoms with van der Waals surface area (Å²) in [6.45, 7) is 4.62. The lowest BCUT2D eigenvalue weighted by atomic mass is 9.43. The number of fused-ring (bicyclic) bond motifs is 5. The minimum atomic E-state index is -0.785. The van der Waals surface area contributed by atoms with Gasteiger partial charge in [-0.05, 0) is 111 Å². The molecule has 0 spiro atoms. The molecule has 0 radical (unpaired) electrons. The van der Waals surface area contributed by atoms with Crippen LogP contribution in [0.4, 0.5) is 10.5 Å². The summed E-state index contributed by atoms with van der Waals surface area (Å²) in [4.78, 5) is 34.4. The molecule has 4 aliphatic carbocycles. The highest BCUT2D eigenvalue weighted by molar-refractivity contribution is 5.64. The molecule has 1 heterocycles. The lowest BCUT2D eigenvalue weighted by molar-refractivity contribution is -0.384. The molecule has 6 rings (SSSR count). The van der Waals surface area contributed by atoms with Gasteiger partial charge >= 0.3 is 11.8 Å². The van der Waals surface area contributed by atoms with E-state index < -0.39 is 16.7 Å². The van der Waals surface area contributed by atoms with E-state index in [2.05, 4.69) is 13.8 Å². The van der Waals surface area contributed by atoms with Crippen molar-refractivity contribution in [3.63, 3.8) is 0 Å². The largest absolute Gasteiger partial charge is 0.514 e. The smallest absolute Gasteiger partial charge is 0.431 e. The third kappa shape index (κ3) is 4.24. The van der Waals surface area contributed by atoms with Gasteiger partial charge in [-0.2, -0.15) is 0 Å². The monoisotopic (exact) mass is 551 g/mol. The van der Waals surface area contributed by atoms with Gasteiger partial charge in [0.15, 0.2) is 0 Å². The molecule has 0 aliphatic heterocycles. The van der Waals surface area contributed by atoms with Gasteiger partial charge < -0.3 is 19.0 Å². The van der Waals surface area contributed by atoms with Crippen LogP contribution in [-0.2, 0) is 4.74 Å². The van der Waals surface area contributed by atoms with Crippen molar-refractivity contribution in [2.45, 2.75) is 89.3 Å². The summed E-state index contributed by atoms with van der Waals surface area (Å²) < 4.78 is 16.2. The predicted octanol–water partition coefficient (Wildman–Crippen LogP) is 6.37. The summed E-state index contributed by atoms with van der Waals surface area (Å²) in [5, 5.41) is 23.2. The Balaban J connectivity index is 1.12. The quantitative estimate of drug-likeness (QED) is 0.201. The second-order valence-electron chi connectivity index (χ2n) is 13.0. The molecule has 4 aliphatic rings. The molecule has 8 atom stereocenters. The molecule has 1 N–H and O–H groups in total. The Morgan fingerprint density at radius 2 is 1.77 bits per heavy atom. The number of non-ortho nitro benzene ring substituents is 1. The average Bonchev–Trinajstić information content (AvgIpc) is 3.20. The summed E-state index contributed by atoms with van der Waals surface area (Å²) in [5.41, 5.74) is -0.367. The van der Waals surface area contributed by atoms with E-state index in [4.69, 9.17) is 13.9 Å². The molecule has 2 aromatic rings. The molecule has 0 amide bonds. The third-order valence-corrected chi connectivity index (χ3v) is 11.4. The number of hydrogen-bond acceptors (Lipinski definition) is 8. The molecule has 4 saturated carbocycles. The van der Waals surface area contributed by atoms with Crippen LogP contribution in [0.25, 0.3) is 0 Å². The van der Waals surface area contributed by atoms with Crippen molar-refractivity contribution < 1.29 is 28.7 Å². The lowest BCUT2D eigenvalue weighted by Crippen LogP contribution is -2.62. The summed E-state index contributed by atoms with van der Waals surface area (Å²) in [6, 6.07) is 8.71. The van der Waals surface area contributed by atoms with Crippen LogP contribution >= 0.6 is 0 Å². The van der Waals surface area contributed by atoms with Gasteiger partial charge in [-0.3, -0.25) is 10.1 Å². The average molecular weight is 552 g/mol. The first-order chi connectivity index (χ1) is 19.0. The summed E-state index contributed by atoms with van der Waals surface area (Å²) >= 11 is 0. The number of nitrogens with zero attached hydrogens (tertiary/aromatic N) is 1. The number of benzene rings is 1. The topological polar surface area (TPSA) is 129 Å². The predicted molar refractivity (Wildman–Crippen MR) is 145 cm³/mol. The van der Waals surface area contributed by atoms with Crippen LogP contribution in [0.5, 0.6) is 5.75 Å². The first-order valence-electron chi connectivity index (χ1n) is 14.5. The Kier molecular flexibility index (Phi) is 6.56. The van der Waals surface area contributed by atoms with Crippen molar-refractivity contribution in [1.29, 1.82) is 0 Å². The number of hydrogen-bond donors (Lipinski definition) is 1. The first-order valence-corrected chi connectivity index (χ1v) is 14.5. The van der Waals surface area contributed by atoms with E-state index in [1.165, 1.54) is 30.3 Å². The Bertz CT molecular complexity index is 1340. The fraction of sp³-hybridized carbons (Fsp3) is 0.613. The molecule has 1 unspecified atom stereocenters. The molecule has 0 bridgehead atoms. The molecule has 1 aromatic carbocycles. The highest BCUT2D eigenvalue weighted by Crippen LogP contribution is 2.70. The zero-order valence-electron chi connectivity index (χ0n) is 23.0. The van der Waals surface area contributed by atoms with Gasteiger partial charge in [-0.15, -0.1) is 0 Å². The maximum atomic E-state index is 12.5. The maximum absolute atomic E-state index is 12.5. The Morgan fingerprint density at radius 3 is 2.48 bits per heavy atom. The molecule has 9 heteroatoms. The van der Waals surface area contributed by atoms with Gasteiger partial charge in [0, 0.05) is 23.6 Å². The van der Waals surface area contributed by atoms with Crippen molar-refractivity contribution in [1.82, 2.24) is 0 Å². The van der Waals surface area contributed by atoms with Crippen molar-refractivity contribution in [3.8, 4) is 5.75 Å². The number of rotatable bonds is 4. The highest BCUT2D eigenvalue weighted by atomic mass is 16.7. The number of nitro groups is 1. The van der Waals surface area contributed by atoms with E-state index in [9.17, 15) is 24.8 Å². The standard InChI is InChI=1S/C31H37NO8/c1-29-14-11-23(40-28(34)39-22-7-5-21(6-8-22)32(36)37)17-20(29)4-9-26-25(29)12-15-30(2)24(13-16-31(26,30)35)19-3-10-27(33)38-18-19/h3,5-8,10,18,20,23-26,35H,4,9,11-17H2,1-2H3/t20-,23+,24-,25+,26-,29?,30-,31+/m1/s1. The van der Waals surface area contributed by atoms with Crippen LogP contribution < -0.4 is 10.4 Å². The minimum absolute atomic E-state index is 0.0692. The van der Waals surface area contributed by atoms with Crippen molar-refractivity contribution in [2.24, 2.45) is 28.6 Å². The summed E-state index contributed by atoms with van der Waals surface area (Å²) in [7, 11) is 0. The Hall–Kier alpha value is -3.20. The van der Waals surface area contributed by atoms with Gasteiger partial charge in [0.2, 0.25) is 0 Å². The van der Waals surface area contributed by atoms with Crippen molar-refractivity contribution in [2.75, 3.05) is 0 Å². The second kappa shape index (κ2) is 9.72. The van der Waals surface area contributed by atoms with Crippen LogP contribution in [-0.4, -0.2) is 27.9 Å². The zero-order valence-corrected chi connectivity index (χ0v) is 23.0. The number of carbonyl (C=O) groups is 1. The number of carbonyl (C=O) groups excluding carboxylic acids is 1. The van der Waals surface area contributed by atoms with E-state index in [1.807, 2.05) is 6.07 Å². The minimum Gasteiger partial charge on any atom is -0.431 e. The van der Waals surface area contributed by atoms with Crippen LogP contribution in [0.3, 0.4) is 0 Å². The first kappa shape index (κ1) is 27.0. The molecule has 0 saturated heterocycles. The SMILES string of the molecule is CC12CC[C@H](OC(=O)Oc3ccc([N+](=O)[O-])cc3)C[C@H]1CC[C@@H]1[C@@H]2CC[C@]2(C)[C@@H](c3ccc(=O)oc3)CC[C@]12O. The molecule has 4 fully saturated rings. The van der Waals surface area contributed by atoms with E-state index >= 15 is 0 Å². The number of nitro benzene ring substituents is 1. The van der Waals surface area contributed by atoms with Gasteiger partial charge in [-0.1, -0.05) is 13.8 Å².